The number of nitrogens with one attached hydrogen (secondary N) is 2. The van der Waals surface area contributed by atoms with Crippen molar-refractivity contribution in [1.82, 2.24) is 10.6 Å². The van der Waals surface area contributed by atoms with Crippen LogP contribution in [0.25, 0.3) is 0 Å². The molecule has 1 rings (SSSR count). The predicted octanol–water partition coefficient (Wildman–Crippen LogP) is 0.671. The van der Waals surface area contributed by atoms with E-state index < -0.39 is 0 Å². The minimum atomic E-state index is 0.111. The van der Waals surface area contributed by atoms with Crippen molar-refractivity contribution in [3.05, 3.63) is 0 Å². The summed E-state index contributed by atoms with van der Waals surface area (Å²) in [7, 11) is 0. The van der Waals surface area contributed by atoms with Gasteiger partial charge in [-0.1, -0.05) is 6.92 Å². The number of ether oxygens (including phenoxy) is 1. The molecule has 1 saturated heterocycles. The maximum absolute atomic E-state index is 11.5. The minimum absolute atomic E-state index is 0.111. The Balaban J connectivity index is 2.01. The van der Waals surface area contributed by atoms with Crippen LogP contribution in [0.1, 0.15) is 32.6 Å². The Hall–Kier alpha value is -0.610. The molecule has 1 aliphatic rings. The highest BCUT2D eigenvalue weighted by Crippen LogP contribution is 2.01. The highest BCUT2D eigenvalue weighted by atomic mass is 16.5. The Bertz CT molecular complexity index is 179. The van der Waals surface area contributed by atoms with Gasteiger partial charge in [0.15, 0.2) is 0 Å². The first-order valence-electron chi connectivity index (χ1n) is 5.90. The van der Waals surface area contributed by atoms with Crippen molar-refractivity contribution in [2.45, 2.75) is 38.6 Å². The molecule has 4 nitrogen and oxygen atoms in total. The summed E-state index contributed by atoms with van der Waals surface area (Å²) < 4.78 is 5.27. The van der Waals surface area contributed by atoms with Crippen LogP contribution in [0.3, 0.4) is 0 Å². The molecule has 1 atom stereocenters. The fourth-order valence-electron chi connectivity index (χ4n) is 1.69. The first kappa shape index (κ1) is 12.5. The number of piperidine rings is 1. The van der Waals surface area contributed by atoms with Gasteiger partial charge >= 0.3 is 0 Å². The summed E-state index contributed by atoms with van der Waals surface area (Å²) in [6, 6.07) is 0.317. The summed E-state index contributed by atoms with van der Waals surface area (Å²) >= 11 is 0. The Morgan fingerprint density at radius 3 is 3.07 bits per heavy atom. The van der Waals surface area contributed by atoms with Gasteiger partial charge in [0.05, 0.1) is 6.61 Å². The average molecular weight is 214 g/mol. The zero-order valence-electron chi connectivity index (χ0n) is 9.55. The van der Waals surface area contributed by atoms with E-state index in [0.29, 0.717) is 19.1 Å². The van der Waals surface area contributed by atoms with E-state index in [1.807, 2.05) is 0 Å². The SMILES string of the molecule is CCCOCCC(=O)N[C@@H]1CCCNC1. The van der Waals surface area contributed by atoms with Crippen LogP contribution in [-0.2, 0) is 9.53 Å². The molecule has 0 bridgehead atoms. The molecule has 0 aromatic carbocycles. The van der Waals surface area contributed by atoms with E-state index in [4.69, 9.17) is 4.74 Å². The topological polar surface area (TPSA) is 50.4 Å². The quantitative estimate of drug-likeness (QED) is 0.639. The predicted molar refractivity (Wildman–Crippen MR) is 59.8 cm³/mol. The van der Waals surface area contributed by atoms with Crippen LogP contribution in [0.5, 0.6) is 0 Å². The van der Waals surface area contributed by atoms with E-state index in [1.54, 1.807) is 0 Å². The fraction of sp³-hybridized carbons (Fsp3) is 0.909. The highest BCUT2D eigenvalue weighted by molar-refractivity contribution is 5.76. The zero-order chi connectivity index (χ0) is 10.9. The van der Waals surface area contributed by atoms with Gasteiger partial charge in [-0.15, -0.1) is 0 Å². The van der Waals surface area contributed by atoms with Gasteiger partial charge < -0.3 is 15.4 Å². The second kappa shape index (κ2) is 7.65. The van der Waals surface area contributed by atoms with Gasteiger partial charge in [0.1, 0.15) is 0 Å². The van der Waals surface area contributed by atoms with Crippen LogP contribution in [-0.4, -0.2) is 38.3 Å². The molecule has 0 spiro atoms. The molecule has 4 heteroatoms. The van der Waals surface area contributed by atoms with E-state index in [1.165, 1.54) is 0 Å². The third kappa shape index (κ3) is 5.74. The molecule has 0 radical (unpaired) electrons. The van der Waals surface area contributed by atoms with Crippen molar-refractivity contribution in [3.63, 3.8) is 0 Å². The molecule has 88 valence electrons. The molecular formula is C11H22N2O2. The molecule has 0 aromatic heterocycles. The third-order valence-corrected chi connectivity index (χ3v) is 2.48. The Morgan fingerprint density at radius 1 is 1.53 bits per heavy atom. The molecule has 0 saturated carbocycles. The molecule has 2 N–H and O–H groups in total. The van der Waals surface area contributed by atoms with E-state index in [0.717, 1.165) is 39.0 Å². The summed E-state index contributed by atoms with van der Waals surface area (Å²) in [5, 5.41) is 6.28. The van der Waals surface area contributed by atoms with Gasteiger partial charge in [0.2, 0.25) is 5.91 Å². The van der Waals surface area contributed by atoms with Crippen LogP contribution in [0, 0.1) is 0 Å². The Kier molecular flexibility index (Phi) is 6.36. The van der Waals surface area contributed by atoms with Crippen LogP contribution in [0.15, 0.2) is 0 Å². The summed E-state index contributed by atoms with van der Waals surface area (Å²) in [6.45, 7) is 5.33. The van der Waals surface area contributed by atoms with Crippen molar-refractivity contribution in [1.29, 1.82) is 0 Å². The van der Waals surface area contributed by atoms with Gasteiger partial charge in [-0.3, -0.25) is 4.79 Å². The number of hydrogen-bond donors (Lipinski definition) is 2. The maximum atomic E-state index is 11.5. The largest absolute Gasteiger partial charge is 0.381 e. The average Bonchev–Trinajstić information content (AvgIpc) is 2.26. The Labute approximate surface area is 91.8 Å². The van der Waals surface area contributed by atoms with Gasteiger partial charge in [0.25, 0.3) is 0 Å². The summed E-state index contributed by atoms with van der Waals surface area (Å²) in [4.78, 5) is 11.5. The van der Waals surface area contributed by atoms with Crippen molar-refractivity contribution in [2.75, 3.05) is 26.3 Å². The molecule has 1 heterocycles. The lowest BCUT2D eigenvalue weighted by Gasteiger charge is -2.23. The maximum Gasteiger partial charge on any atom is 0.222 e. The number of rotatable bonds is 6. The van der Waals surface area contributed by atoms with E-state index in [2.05, 4.69) is 17.6 Å². The van der Waals surface area contributed by atoms with Gasteiger partial charge in [-0.2, -0.15) is 0 Å². The zero-order valence-corrected chi connectivity index (χ0v) is 9.55. The van der Waals surface area contributed by atoms with Crippen molar-refractivity contribution < 1.29 is 9.53 Å². The molecule has 0 unspecified atom stereocenters. The smallest absolute Gasteiger partial charge is 0.222 e. The van der Waals surface area contributed by atoms with Crippen molar-refractivity contribution in [2.24, 2.45) is 0 Å². The molecular weight excluding hydrogens is 192 g/mol. The van der Waals surface area contributed by atoms with E-state index >= 15 is 0 Å². The minimum Gasteiger partial charge on any atom is -0.381 e. The Morgan fingerprint density at radius 2 is 2.40 bits per heavy atom. The second-order valence-corrected chi connectivity index (χ2v) is 3.97. The monoisotopic (exact) mass is 214 g/mol. The second-order valence-electron chi connectivity index (χ2n) is 3.97. The van der Waals surface area contributed by atoms with Crippen LogP contribution in [0.4, 0.5) is 0 Å². The van der Waals surface area contributed by atoms with Gasteiger partial charge in [-0.25, -0.2) is 0 Å². The van der Waals surface area contributed by atoms with Gasteiger partial charge in [-0.05, 0) is 25.8 Å². The number of amides is 1. The molecule has 15 heavy (non-hydrogen) atoms. The van der Waals surface area contributed by atoms with E-state index in [9.17, 15) is 4.79 Å². The first-order chi connectivity index (χ1) is 7.33. The van der Waals surface area contributed by atoms with Crippen LogP contribution >= 0.6 is 0 Å². The fourth-order valence-corrected chi connectivity index (χ4v) is 1.69. The lowest BCUT2D eigenvalue weighted by Crippen LogP contribution is -2.45. The molecule has 1 amide bonds. The van der Waals surface area contributed by atoms with Crippen LogP contribution in [0.2, 0.25) is 0 Å². The first-order valence-corrected chi connectivity index (χ1v) is 5.90. The molecule has 0 aromatic rings. The van der Waals surface area contributed by atoms with Crippen LogP contribution < -0.4 is 10.6 Å². The van der Waals surface area contributed by atoms with E-state index in [-0.39, 0.29) is 5.91 Å². The van der Waals surface area contributed by atoms with Crippen molar-refractivity contribution >= 4 is 5.91 Å². The summed E-state index contributed by atoms with van der Waals surface area (Å²) in [5.41, 5.74) is 0. The normalized spacial score (nSPS) is 21.3. The number of carbonyl (C=O) groups is 1. The highest BCUT2D eigenvalue weighted by Gasteiger charge is 2.14. The summed E-state index contributed by atoms with van der Waals surface area (Å²) in [6.07, 6.45) is 3.73. The molecule has 1 aliphatic heterocycles. The standard InChI is InChI=1S/C11H22N2O2/c1-2-7-15-8-5-11(14)13-10-4-3-6-12-9-10/h10,12H,2-9H2,1H3,(H,13,14)/t10-/m1/s1. The number of hydrogen-bond acceptors (Lipinski definition) is 3. The summed E-state index contributed by atoms with van der Waals surface area (Å²) in [5.74, 6) is 0.111. The van der Waals surface area contributed by atoms with Gasteiger partial charge in [0, 0.05) is 25.6 Å². The molecule has 1 fully saturated rings. The lowest BCUT2D eigenvalue weighted by molar-refractivity contribution is -0.123. The molecule has 0 aliphatic carbocycles. The number of carbonyl (C=O) groups excluding carboxylic acids is 1. The van der Waals surface area contributed by atoms with Crippen molar-refractivity contribution in [3.8, 4) is 0 Å². The lowest BCUT2D eigenvalue weighted by atomic mass is 10.1. The third-order valence-electron chi connectivity index (χ3n) is 2.48.